The normalized spacial score (nSPS) is 19.3. The van der Waals surface area contributed by atoms with E-state index in [1.54, 1.807) is 12.1 Å². The minimum Gasteiger partial charge on any atom is -0.428 e. The van der Waals surface area contributed by atoms with Crippen molar-refractivity contribution in [2.24, 2.45) is 0 Å². The Morgan fingerprint density at radius 1 is 1.03 bits per heavy atom. The Bertz CT molecular complexity index is 1380. The van der Waals surface area contributed by atoms with Crippen LogP contribution in [0, 0.1) is 6.92 Å². The van der Waals surface area contributed by atoms with Gasteiger partial charge >= 0.3 is 5.97 Å². The Kier molecular flexibility index (Phi) is 8.88. The van der Waals surface area contributed by atoms with Gasteiger partial charge in [0.15, 0.2) is 0 Å². The molecule has 4 aromatic rings. The molecule has 5 heteroatoms. The molecule has 3 atom stereocenters. The molecule has 1 aliphatic heterocycles. The van der Waals surface area contributed by atoms with E-state index in [2.05, 4.69) is 79.8 Å². The maximum atomic E-state index is 12.9. The molecular weight excluding hydrogens is 494 g/mol. The Labute approximate surface area is 231 Å². The fourth-order valence-electron chi connectivity index (χ4n) is 5.35. The number of carbonyl (C=O) groups excluding carboxylic acids is 1. The first-order valence-corrected chi connectivity index (χ1v) is 13.2. The van der Waals surface area contributed by atoms with Crippen LogP contribution in [-0.4, -0.2) is 18.1 Å². The molecule has 4 nitrogen and oxygen atoms in total. The first kappa shape index (κ1) is 27.8. The summed E-state index contributed by atoms with van der Waals surface area (Å²) in [5.41, 5.74) is 4.67. The highest BCUT2D eigenvalue weighted by atomic mass is 35.5. The average Bonchev–Trinajstić information content (AvgIpc) is 2.91. The van der Waals surface area contributed by atoms with E-state index in [0.717, 1.165) is 36.9 Å². The van der Waals surface area contributed by atoms with Crippen molar-refractivity contribution in [2.45, 2.75) is 58.0 Å². The van der Waals surface area contributed by atoms with Crippen LogP contribution in [0.5, 0.6) is 0 Å². The predicted molar refractivity (Wildman–Crippen MR) is 156 cm³/mol. The van der Waals surface area contributed by atoms with E-state index >= 15 is 0 Å². The molecule has 38 heavy (non-hydrogen) atoms. The number of carbonyl (C=O) groups is 1. The molecule has 0 fully saturated rings. The van der Waals surface area contributed by atoms with Crippen LogP contribution >= 0.6 is 12.4 Å². The molecule has 0 aromatic heterocycles. The average molecular weight is 530 g/mol. The topological polar surface area (TPSA) is 47.6 Å². The highest BCUT2D eigenvalue weighted by molar-refractivity contribution is 5.89. The van der Waals surface area contributed by atoms with Crippen LogP contribution in [0.25, 0.3) is 10.8 Å². The van der Waals surface area contributed by atoms with Gasteiger partial charge in [0.2, 0.25) is 6.29 Å². The molecule has 1 aliphatic rings. The van der Waals surface area contributed by atoms with E-state index in [9.17, 15) is 4.79 Å². The monoisotopic (exact) mass is 529 g/mol. The minimum atomic E-state index is -0.719. The summed E-state index contributed by atoms with van der Waals surface area (Å²) in [6.07, 6.45) is 1.88. The lowest BCUT2D eigenvalue weighted by Gasteiger charge is -2.39. The van der Waals surface area contributed by atoms with E-state index in [1.807, 2.05) is 25.1 Å². The summed E-state index contributed by atoms with van der Waals surface area (Å²) in [6, 6.07) is 30.7. The van der Waals surface area contributed by atoms with Crippen molar-refractivity contribution in [3.8, 4) is 0 Å². The summed E-state index contributed by atoms with van der Waals surface area (Å²) in [7, 11) is 0. The lowest BCUT2D eigenvalue weighted by Crippen LogP contribution is -2.39. The van der Waals surface area contributed by atoms with E-state index in [1.165, 1.54) is 21.9 Å². The van der Waals surface area contributed by atoms with Gasteiger partial charge in [-0.2, -0.15) is 0 Å². The standard InChI is InChI=1S/C33H35NO3.ClH/c1-23-17-18-27-22-33(3,37-32(30(27)21-23)36-31(35)26-12-5-4-6-13-26)19-10-20-34-24(2)28-16-9-14-25-11-7-8-15-29(25)28;/h4-9,11-18,21,24,32,34H,10,19-20,22H2,1-3H3;1H/t24-,32-,33+;/m1./s1. The van der Waals surface area contributed by atoms with Crippen LogP contribution in [0.3, 0.4) is 0 Å². The molecular formula is C33H36ClNO3. The molecule has 1 heterocycles. The lowest BCUT2D eigenvalue weighted by atomic mass is 9.85. The van der Waals surface area contributed by atoms with Gasteiger partial charge < -0.3 is 14.8 Å². The number of benzene rings is 4. The molecule has 0 saturated heterocycles. The minimum absolute atomic E-state index is 0. The zero-order chi connectivity index (χ0) is 25.8. The van der Waals surface area contributed by atoms with E-state index < -0.39 is 11.9 Å². The Morgan fingerprint density at radius 3 is 2.58 bits per heavy atom. The number of hydrogen-bond donors (Lipinski definition) is 1. The van der Waals surface area contributed by atoms with Crippen molar-refractivity contribution >= 4 is 29.1 Å². The molecule has 0 spiro atoms. The van der Waals surface area contributed by atoms with Gasteiger partial charge in [-0.1, -0.05) is 78.4 Å². The third-order valence-electron chi connectivity index (χ3n) is 7.36. The molecule has 0 amide bonds. The van der Waals surface area contributed by atoms with Gasteiger partial charge in [-0.05, 0) is 80.3 Å². The number of esters is 1. The predicted octanol–water partition coefficient (Wildman–Crippen LogP) is 7.89. The molecule has 0 radical (unpaired) electrons. The van der Waals surface area contributed by atoms with Crippen LogP contribution in [0.15, 0.2) is 91.0 Å². The fraction of sp³-hybridized carbons (Fsp3) is 0.303. The van der Waals surface area contributed by atoms with Gasteiger partial charge in [0.1, 0.15) is 0 Å². The number of hydrogen-bond acceptors (Lipinski definition) is 4. The van der Waals surface area contributed by atoms with Gasteiger partial charge in [-0.3, -0.25) is 0 Å². The molecule has 0 bridgehead atoms. The quantitative estimate of drug-likeness (QED) is 0.186. The van der Waals surface area contributed by atoms with Gasteiger partial charge in [-0.15, -0.1) is 12.4 Å². The molecule has 1 N–H and O–H groups in total. The molecule has 0 saturated carbocycles. The maximum Gasteiger partial charge on any atom is 0.340 e. The first-order valence-electron chi connectivity index (χ1n) is 13.2. The van der Waals surface area contributed by atoms with Crippen molar-refractivity contribution in [3.63, 3.8) is 0 Å². The van der Waals surface area contributed by atoms with Crippen LogP contribution in [-0.2, 0) is 15.9 Å². The first-order chi connectivity index (χ1) is 17.9. The third kappa shape index (κ3) is 6.27. The largest absolute Gasteiger partial charge is 0.428 e. The number of nitrogens with one attached hydrogen (secondary N) is 1. The summed E-state index contributed by atoms with van der Waals surface area (Å²) < 4.78 is 12.4. The third-order valence-corrected chi connectivity index (χ3v) is 7.36. The Balaban J connectivity index is 0.00000336. The second-order valence-corrected chi connectivity index (χ2v) is 10.4. The van der Waals surface area contributed by atoms with Crippen molar-refractivity contribution in [1.29, 1.82) is 0 Å². The highest BCUT2D eigenvalue weighted by Crippen LogP contribution is 2.39. The van der Waals surface area contributed by atoms with Crippen molar-refractivity contribution in [2.75, 3.05) is 6.54 Å². The number of fused-ring (bicyclic) bond motifs is 2. The van der Waals surface area contributed by atoms with Crippen LogP contribution in [0.1, 0.15) is 71.6 Å². The van der Waals surface area contributed by atoms with Gasteiger partial charge in [0, 0.05) is 18.0 Å². The van der Waals surface area contributed by atoms with Crippen molar-refractivity contribution < 1.29 is 14.3 Å². The number of ether oxygens (including phenoxy) is 2. The second-order valence-electron chi connectivity index (χ2n) is 10.4. The SMILES string of the molecule is Cc1ccc2c(c1)[C@H](OC(=O)c1ccccc1)O[C@@](C)(CCCN[C@H](C)c1cccc3ccccc13)C2.Cl. The van der Waals surface area contributed by atoms with Crippen molar-refractivity contribution in [1.82, 2.24) is 5.32 Å². The second kappa shape index (κ2) is 12.1. The highest BCUT2D eigenvalue weighted by Gasteiger charge is 2.38. The zero-order valence-electron chi connectivity index (χ0n) is 22.3. The van der Waals surface area contributed by atoms with Crippen LogP contribution in [0.2, 0.25) is 0 Å². The number of halogens is 1. The van der Waals surface area contributed by atoms with Crippen LogP contribution < -0.4 is 5.32 Å². The molecule has 5 rings (SSSR count). The Hall–Kier alpha value is -3.18. The summed E-state index contributed by atoms with van der Waals surface area (Å²) in [4.78, 5) is 12.9. The molecule has 198 valence electrons. The van der Waals surface area contributed by atoms with Gasteiger partial charge in [0.05, 0.1) is 11.2 Å². The summed E-state index contributed by atoms with van der Waals surface area (Å²) in [5, 5.41) is 6.26. The Morgan fingerprint density at radius 2 is 1.76 bits per heavy atom. The summed E-state index contributed by atoms with van der Waals surface area (Å²) >= 11 is 0. The summed E-state index contributed by atoms with van der Waals surface area (Å²) in [6.45, 7) is 7.27. The maximum absolute atomic E-state index is 12.9. The number of rotatable bonds is 8. The van der Waals surface area contributed by atoms with Gasteiger partial charge in [0.25, 0.3) is 0 Å². The van der Waals surface area contributed by atoms with E-state index in [4.69, 9.17) is 9.47 Å². The van der Waals surface area contributed by atoms with Crippen molar-refractivity contribution in [3.05, 3.63) is 119 Å². The lowest BCUT2D eigenvalue weighted by molar-refractivity contribution is -0.197. The van der Waals surface area contributed by atoms with E-state index in [0.29, 0.717) is 5.56 Å². The fourth-order valence-corrected chi connectivity index (χ4v) is 5.35. The number of aryl methyl sites for hydroxylation is 1. The molecule has 4 aromatic carbocycles. The molecule has 0 unspecified atom stereocenters. The van der Waals surface area contributed by atoms with E-state index in [-0.39, 0.29) is 24.4 Å². The zero-order valence-corrected chi connectivity index (χ0v) is 23.1. The summed E-state index contributed by atoms with van der Waals surface area (Å²) in [5.74, 6) is -0.368. The smallest absolute Gasteiger partial charge is 0.340 e. The van der Waals surface area contributed by atoms with Crippen LogP contribution in [0.4, 0.5) is 0 Å². The van der Waals surface area contributed by atoms with Gasteiger partial charge in [-0.25, -0.2) is 4.79 Å². The molecule has 0 aliphatic carbocycles.